The minimum absolute atomic E-state index is 0.178. The Balaban J connectivity index is 1.49. The Morgan fingerprint density at radius 1 is 0.800 bits per heavy atom. The van der Waals surface area contributed by atoms with E-state index in [-0.39, 0.29) is 18.2 Å². The summed E-state index contributed by atoms with van der Waals surface area (Å²) in [6.07, 6.45) is 10.6. The molecule has 2 aromatic carbocycles. The zero-order valence-electron chi connectivity index (χ0n) is 27.3. The Kier molecular flexibility index (Phi) is 13.6. The first-order chi connectivity index (χ1) is 22.0. The van der Waals surface area contributed by atoms with Crippen molar-refractivity contribution in [1.82, 2.24) is 0 Å². The number of rotatable bonds is 19. The number of methoxy groups -OCH3 is 4. The third kappa shape index (κ3) is 9.50. The molecular formula is C35H48NO8S+. The molecule has 4 rings (SSSR count). The standard InChI is InChI=1S/C35H48NO8S/c1-6-7-8-12-18-42-31-22-26(28-15-14-27(43-28)25-20-29(38-2)34(40-4)30(21-25)39-3)23-32(35(31)41-5)44-33(37)13-10-9-11-16-36-17-19-45-24-36/h17,19-24,27-28H,6-16,18H2,1-5H3/q+1/t27-,28-/m1/s1. The van der Waals surface area contributed by atoms with Crippen molar-refractivity contribution >= 4 is 17.3 Å². The van der Waals surface area contributed by atoms with Gasteiger partial charge in [-0.3, -0.25) is 4.79 Å². The number of ether oxygens (including phenoxy) is 7. The van der Waals surface area contributed by atoms with Gasteiger partial charge >= 0.3 is 5.97 Å². The molecule has 246 valence electrons. The van der Waals surface area contributed by atoms with Gasteiger partial charge in [-0.1, -0.05) is 37.5 Å². The number of nitrogens with zero attached hydrogens (tertiary/aromatic N) is 1. The van der Waals surface area contributed by atoms with Crippen LogP contribution in [0, 0.1) is 0 Å². The lowest BCUT2D eigenvalue weighted by molar-refractivity contribution is -0.692. The second-order valence-corrected chi connectivity index (χ2v) is 11.9. The molecule has 45 heavy (non-hydrogen) atoms. The van der Waals surface area contributed by atoms with Crippen molar-refractivity contribution in [2.45, 2.75) is 89.9 Å². The normalized spacial score (nSPS) is 15.9. The van der Waals surface area contributed by atoms with Crippen LogP contribution in [0.5, 0.6) is 34.5 Å². The molecule has 0 aliphatic carbocycles. The molecule has 0 N–H and O–H groups in total. The molecule has 2 heterocycles. The molecule has 0 spiro atoms. The van der Waals surface area contributed by atoms with Gasteiger partial charge in [-0.15, -0.1) is 0 Å². The highest BCUT2D eigenvalue weighted by molar-refractivity contribution is 7.07. The fourth-order valence-electron chi connectivity index (χ4n) is 5.60. The number of thiazole rings is 1. The molecule has 1 fully saturated rings. The summed E-state index contributed by atoms with van der Waals surface area (Å²) in [6.45, 7) is 3.68. The molecule has 0 bridgehead atoms. The van der Waals surface area contributed by atoms with E-state index < -0.39 is 0 Å². The molecular weight excluding hydrogens is 594 g/mol. The summed E-state index contributed by atoms with van der Waals surface area (Å²) in [5.74, 6) is 2.77. The van der Waals surface area contributed by atoms with Gasteiger partial charge in [0.25, 0.3) is 0 Å². The maximum Gasteiger partial charge on any atom is 0.311 e. The van der Waals surface area contributed by atoms with Crippen molar-refractivity contribution in [1.29, 1.82) is 0 Å². The summed E-state index contributed by atoms with van der Waals surface area (Å²) < 4.78 is 43.3. The highest BCUT2D eigenvalue weighted by Gasteiger charge is 2.31. The van der Waals surface area contributed by atoms with Crippen LogP contribution in [0.15, 0.2) is 41.4 Å². The number of aromatic nitrogens is 1. The fraction of sp³-hybridized carbons (Fsp3) is 0.543. The summed E-state index contributed by atoms with van der Waals surface area (Å²) in [5, 5.41) is 2.06. The van der Waals surface area contributed by atoms with E-state index in [1.54, 1.807) is 39.8 Å². The number of carbonyl (C=O) groups is 1. The number of aryl methyl sites for hydroxylation is 1. The van der Waals surface area contributed by atoms with Crippen molar-refractivity contribution in [2.75, 3.05) is 35.0 Å². The van der Waals surface area contributed by atoms with Crippen LogP contribution in [0.1, 0.15) is 94.5 Å². The Morgan fingerprint density at radius 2 is 1.42 bits per heavy atom. The Labute approximate surface area is 271 Å². The van der Waals surface area contributed by atoms with E-state index in [0.717, 1.165) is 75.5 Å². The Hall–Kier alpha value is -3.50. The maximum atomic E-state index is 13.0. The Morgan fingerprint density at radius 3 is 2.02 bits per heavy atom. The van der Waals surface area contributed by atoms with Crippen LogP contribution < -0.4 is 33.0 Å². The van der Waals surface area contributed by atoms with Gasteiger partial charge in [0, 0.05) is 12.8 Å². The molecule has 9 nitrogen and oxygen atoms in total. The SMILES string of the molecule is CCCCCCOc1cc([C@H]2CC[C@H](c3cc(OC)c(OC)c(OC)c3)O2)cc(OC(=O)CCCCC[n+]2ccsc2)c1OC. The van der Waals surface area contributed by atoms with Crippen LogP contribution in [0.3, 0.4) is 0 Å². The van der Waals surface area contributed by atoms with Crippen LogP contribution in [0.4, 0.5) is 0 Å². The number of benzene rings is 2. The topological polar surface area (TPSA) is 85.6 Å². The van der Waals surface area contributed by atoms with Gasteiger partial charge < -0.3 is 33.2 Å². The molecule has 1 aliphatic rings. The first-order valence-electron chi connectivity index (χ1n) is 15.9. The lowest BCUT2D eigenvalue weighted by atomic mass is 10.0. The molecule has 1 saturated heterocycles. The summed E-state index contributed by atoms with van der Waals surface area (Å²) in [7, 11) is 6.37. The van der Waals surface area contributed by atoms with Crippen molar-refractivity contribution in [3.63, 3.8) is 0 Å². The number of carbonyl (C=O) groups excluding carboxylic acids is 1. The average molecular weight is 643 g/mol. The summed E-state index contributed by atoms with van der Waals surface area (Å²) in [4.78, 5) is 13.0. The Bertz CT molecular complexity index is 1320. The monoisotopic (exact) mass is 642 g/mol. The molecule has 2 atom stereocenters. The maximum absolute atomic E-state index is 13.0. The quantitative estimate of drug-likeness (QED) is 0.0567. The summed E-state index contributed by atoms with van der Waals surface area (Å²) in [5.41, 5.74) is 3.92. The second-order valence-electron chi connectivity index (χ2n) is 11.2. The molecule has 10 heteroatoms. The lowest BCUT2D eigenvalue weighted by Crippen LogP contribution is -2.29. The van der Waals surface area contributed by atoms with Gasteiger partial charge in [0.05, 0.1) is 52.6 Å². The number of esters is 1. The van der Waals surface area contributed by atoms with Gasteiger partial charge in [-0.25, -0.2) is 0 Å². The molecule has 1 aromatic heterocycles. The van der Waals surface area contributed by atoms with Gasteiger partial charge in [-0.2, -0.15) is 4.57 Å². The molecule has 0 unspecified atom stereocenters. The van der Waals surface area contributed by atoms with E-state index in [9.17, 15) is 4.79 Å². The van der Waals surface area contributed by atoms with E-state index >= 15 is 0 Å². The third-order valence-corrected chi connectivity index (χ3v) is 8.67. The van der Waals surface area contributed by atoms with Crippen molar-refractivity contribution < 1.29 is 42.5 Å². The van der Waals surface area contributed by atoms with Crippen LogP contribution in [-0.2, 0) is 16.1 Å². The van der Waals surface area contributed by atoms with Crippen LogP contribution >= 0.6 is 11.3 Å². The van der Waals surface area contributed by atoms with E-state index in [2.05, 4.69) is 28.6 Å². The molecule has 1 aliphatic heterocycles. The number of unbranched alkanes of at least 4 members (excludes halogenated alkanes) is 5. The largest absolute Gasteiger partial charge is 0.493 e. The van der Waals surface area contributed by atoms with Crippen LogP contribution in [0.25, 0.3) is 0 Å². The third-order valence-electron chi connectivity index (χ3n) is 8.00. The zero-order valence-corrected chi connectivity index (χ0v) is 28.1. The first kappa shape index (κ1) is 34.4. The fourth-order valence-corrected chi connectivity index (χ4v) is 6.22. The molecule has 0 saturated carbocycles. The van der Waals surface area contributed by atoms with Crippen LogP contribution in [-0.4, -0.2) is 41.0 Å². The summed E-state index contributed by atoms with van der Waals surface area (Å²) in [6, 6.07) is 7.68. The van der Waals surface area contributed by atoms with E-state index in [1.807, 2.05) is 24.3 Å². The van der Waals surface area contributed by atoms with Gasteiger partial charge in [0.2, 0.25) is 17.0 Å². The first-order valence-corrected chi connectivity index (χ1v) is 16.9. The van der Waals surface area contributed by atoms with Crippen molar-refractivity contribution in [3.8, 4) is 34.5 Å². The zero-order chi connectivity index (χ0) is 32.0. The highest BCUT2D eigenvalue weighted by atomic mass is 32.1. The highest BCUT2D eigenvalue weighted by Crippen LogP contribution is 2.48. The minimum atomic E-state index is -0.287. The molecule has 0 amide bonds. The average Bonchev–Trinajstić information content (AvgIpc) is 3.77. The minimum Gasteiger partial charge on any atom is -0.493 e. The van der Waals surface area contributed by atoms with E-state index in [1.165, 1.54) is 0 Å². The van der Waals surface area contributed by atoms with Gasteiger partial charge in [-0.05, 0) is 67.5 Å². The summed E-state index contributed by atoms with van der Waals surface area (Å²) >= 11 is 1.68. The van der Waals surface area contributed by atoms with E-state index in [4.69, 9.17) is 33.2 Å². The van der Waals surface area contributed by atoms with Crippen molar-refractivity contribution in [2.24, 2.45) is 0 Å². The predicted molar refractivity (Wildman–Crippen MR) is 173 cm³/mol. The number of hydrogen-bond acceptors (Lipinski definition) is 9. The smallest absolute Gasteiger partial charge is 0.311 e. The second kappa shape index (κ2) is 17.8. The van der Waals surface area contributed by atoms with Gasteiger partial charge in [0.1, 0.15) is 6.54 Å². The predicted octanol–water partition coefficient (Wildman–Crippen LogP) is 7.79. The lowest BCUT2D eigenvalue weighted by Gasteiger charge is -2.20. The van der Waals surface area contributed by atoms with E-state index in [0.29, 0.717) is 47.5 Å². The van der Waals surface area contributed by atoms with Crippen LogP contribution in [0.2, 0.25) is 0 Å². The van der Waals surface area contributed by atoms with Gasteiger partial charge in [0.15, 0.2) is 29.2 Å². The molecule has 3 aromatic rings. The molecule has 0 radical (unpaired) electrons. The number of hydrogen-bond donors (Lipinski definition) is 0. The van der Waals surface area contributed by atoms with Crippen molar-refractivity contribution in [3.05, 3.63) is 52.5 Å².